The van der Waals surface area contributed by atoms with Crippen molar-refractivity contribution < 1.29 is 9.53 Å². The van der Waals surface area contributed by atoms with Crippen LogP contribution in [0.3, 0.4) is 0 Å². The van der Waals surface area contributed by atoms with Crippen LogP contribution in [-0.4, -0.2) is 5.97 Å². The van der Waals surface area contributed by atoms with Crippen molar-refractivity contribution in [2.45, 2.75) is 20.0 Å². The van der Waals surface area contributed by atoms with E-state index >= 15 is 0 Å². The standard InChI is InChI=1S/C20H17Cl2NO2S/c1-13-20(23-17-9-5-8-16(21)19(17)22)15(12-26-13)10-18(24)25-11-14-6-3-2-4-7-14/h2-9,12,23H,10-11H2,1H3. The number of thiophene rings is 1. The number of carbonyl (C=O) groups excluding carboxylic acids is 1. The SMILES string of the molecule is Cc1scc(CC(=O)OCc2ccccc2)c1Nc1cccc(Cl)c1Cl. The molecule has 0 saturated heterocycles. The van der Waals surface area contributed by atoms with Gasteiger partial charge in [0, 0.05) is 4.88 Å². The van der Waals surface area contributed by atoms with Gasteiger partial charge in [0.25, 0.3) is 0 Å². The number of aryl methyl sites for hydroxylation is 1. The van der Waals surface area contributed by atoms with Gasteiger partial charge in [0.1, 0.15) is 6.61 Å². The number of halogens is 2. The topological polar surface area (TPSA) is 38.3 Å². The lowest BCUT2D eigenvalue weighted by Gasteiger charge is -2.12. The predicted octanol–water partition coefficient (Wildman–Crippen LogP) is 6.39. The second-order valence-electron chi connectivity index (χ2n) is 5.74. The van der Waals surface area contributed by atoms with Crippen molar-refractivity contribution in [3.8, 4) is 0 Å². The summed E-state index contributed by atoms with van der Waals surface area (Å²) in [5.41, 5.74) is 3.42. The normalized spacial score (nSPS) is 10.6. The monoisotopic (exact) mass is 405 g/mol. The van der Waals surface area contributed by atoms with Crippen molar-refractivity contribution >= 4 is 51.9 Å². The molecule has 3 rings (SSSR count). The molecule has 0 bridgehead atoms. The summed E-state index contributed by atoms with van der Waals surface area (Å²) in [6.07, 6.45) is 0.192. The molecule has 0 saturated carbocycles. The van der Waals surface area contributed by atoms with Crippen LogP contribution in [0.1, 0.15) is 16.0 Å². The lowest BCUT2D eigenvalue weighted by molar-refractivity contribution is -0.144. The molecule has 0 atom stereocenters. The summed E-state index contributed by atoms with van der Waals surface area (Å²) in [6, 6.07) is 15.0. The molecule has 1 aromatic heterocycles. The summed E-state index contributed by atoms with van der Waals surface area (Å²) < 4.78 is 5.38. The van der Waals surface area contributed by atoms with Crippen LogP contribution in [0.2, 0.25) is 10.0 Å². The Balaban J connectivity index is 1.69. The number of esters is 1. The molecule has 0 fully saturated rings. The molecule has 3 nitrogen and oxygen atoms in total. The number of anilines is 2. The molecule has 2 aromatic carbocycles. The van der Waals surface area contributed by atoms with Crippen LogP contribution in [-0.2, 0) is 22.6 Å². The van der Waals surface area contributed by atoms with Crippen LogP contribution in [0.15, 0.2) is 53.9 Å². The summed E-state index contributed by atoms with van der Waals surface area (Å²) in [4.78, 5) is 13.3. The third-order valence-corrected chi connectivity index (χ3v) is 5.62. The Labute approximate surface area is 166 Å². The highest BCUT2D eigenvalue weighted by Gasteiger charge is 2.15. The largest absolute Gasteiger partial charge is 0.461 e. The van der Waals surface area contributed by atoms with Gasteiger partial charge < -0.3 is 10.1 Å². The average Bonchev–Trinajstić information content (AvgIpc) is 2.98. The van der Waals surface area contributed by atoms with Gasteiger partial charge in [0.15, 0.2) is 0 Å². The van der Waals surface area contributed by atoms with Crippen LogP contribution >= 0.6 is 34.5 Å². The van der Waals surface area contributed by atoms with Gasteiger partial charge in [0.2, 0.25) is 0 Å². The first kappa shape index (κ1) is 18.8. The van der Waals surface area contributed by atoms with Crippen molar-refractivity contribution in [1.29, 1.82) is 0 Å². The zero-order valence-corrected chi connectivity index (χ0v) is 16.4. The van der Waals surface area contributed by atoms with Gasteiger partial charge in [0.05, 0.1) is 27.8 Å². The van der Waals surface area contributed by atoms with Gasteiger partial charge in [-0.05, 0) is 35.6 Å². The number of nitrogens with one attached hydrogen (secondary N) is 1. The molecular weight excluding hydrogens is 389 g/mol. The Hall–Kier alpha value is -2.01. The van der Waals surface area contributed by atoms with Gasteiger partial charge in [-0.3, -0.25) is 4.79 Å². The van der Waals surface area contributed by atoms with E-state index in [0.29, 0.717) is 15.7 Å². The Kier molecular flexibility index (Phi) is 6.20. The summed E-state index contributed by atoms with van der Waals surface area (Å²) in [7, 11) is 0. The van der Waals surface area contributed by atoms with Gasteiger partial charge >= 0.3 is 5.97 Å². The molecule has 0 aliphatic carbocycles. The maximum atomic E-state index is 12.2. The molecule has 6 heteroatoms. The number of benzene rings is 2. The molecule has 1 N–H and O–H groups in total. The molecule has 0 amide bonds. The first-order valence-electron chi connectivity index (χ1n) is 8.02. The number of hydrogen-bond donors (Lipinski definition) is 1. The first-order chi connectivity index (χ1) is 12.5. The number of carbonyl (C=O) groups is 1. The van der Waals surface area contributed by atoms with E-state index in [9.17, 15) is 4.79 Å². The highest BCUT2D eigenvalue weighted by atomic mass is 35.5. The van der Waals surface area contributed by atoms with Crippen LogP contribution in [0.5, 0.6) is 0 Å². The van der Waals surface area contributed by atoms with E-state index in [1.165, 1.54) is 0 Å². The molecule has 26 heavy (non-hydrogen) atoms. The minimum atomic E-state index is -0.271. The summed E-state index contributed by atoms with van der Waals surface area (Å²) in [5.74, 6) is -0.271. The van der Waals surface area contributed by atoms with Crippen LogP contribution < -0.4 is 5.32 Å². The molecule has 3 aromatic rings. The molecule has 0 spiro atoms. The Morgan fingerprint density at radius 2 is 1.88 bits per heavy atom. The minimum absolute atomic E-state index is 0.192. The number of rotatable bonds is 6. The molecule has 134 valence electrons. The van der Waals surface area contributed by atoms with Crippen molar-refractivity contribution in [3.05, 3.63) is 80.0 Å². The fraction of sp³-hybridized carbons (Fsp3) is 0.150. The quantitative estimate of drug-likeness (QED) is 0.482. The fourth-order valence-corrected chi connectivity index (χ4v) is 3.65. The van der Waals surface area contributed by atoms with E-state index in [0.717, 1.165) is 21.7 Å². The maximum absolute atomic E-state index is 12.2. The molecule has 0 radical (unpaired) electrons. The first-order valence-corrected chi connectivity index (χ1v) is 9.65. The van der Waals surface area contributed by atoms with E-state index in [4.69, 9.17) is 27.9 Å². The smallest absolute Gasteiger partial charge is 0.310 e. The highest BCUT2D eigenvalue weighted by molar-refractivity contribution is 7.10. The van der Waals surface area contributed by atoms with E-state index < -0.39 is 0 Å². The average molecular weight is 406 g/mol. The van der Waals surface area contributed by atoms with E-state index in [-0.39, 0.29) is 19.0 Å². The Morgan fingerprint density at radius 1 is 1.12 bits per heavy atom. The lowest BCUT2D eigenvalue weighted by atomic mass is 10.1. The fourth-order valence-electron chi connectivity index (χ4n) is 2.48. The van der Waals surface area contributed by atoms with Gasteiger partial charge in [-0.15, -0.1) is 11.3 Å². The number of hydrogen-bond acceptors (Lipinski definition) is 4. The number of ether oxygens (including phenoxy) is 1. The van der Waals surface area contributed by atoms with Crippen LogP contribution in [0.4, 0.5) is 11.4 Å². The third-order valence-electron chi connectivity index (χ3n) is 3.84. The predicted molar refractivity (Wildman–Crippen MR) is 109 cm³/mol. The van der Waals surface area contributed by atoms with Gasteiger partial charge in [-0.2, -0.15) is 0 Å². The molecule has 0 aliphatic heterocycles. The summed E-state index contributed by atoms with van der Waals surface area (Å²) >= 11 is 13.9. The summed E-state index contributed by atoms with van der Waals surface area (Å²) in [6.45, 7) is 2.26. The zero-order valence-electron chi connectivity index (χ0n) is 14.1. The highest BCUT2D eigenvalue weighted by Crippen LogP contribution is 2.36. The van der Waals surface area contributed by atoms with Gasteiger partial charge in [-0.1, -0.05) is 59.6 Å². The van der Waals surface area contributed by atoms with Crippen molar-refractivity contribution in [3.63, 3.8) is 0 Å². The van der Waals surface area contributed by atoms with Crippen LogP contribution in [0, 0.1) is 6.92 Å². The minimum Gasteiger partial charge on any atom is -0.461 e. The molecule has 0 unspecified atom stereocenters. The van der Waals surface area contributed by atoms with Crippen molar-refractivity contribution in [2.24, 2.45) is 0 Å². The van der Waals surface area contributed by atoms with E-state index in [1.54, 1.807) is 17.4 Å². The van der Waals surface area contributed by atoms with Gasteiger partial charge in [-0.25, -0.2) is 0 Å². The third kappa shape index (κ3) is 4.58. The molecular formula is C20H17Cl2NO2S. The second-order valence-corrected chi connectivity index (χ2v) is 7.61. The van der Waals surface area contributed by atoms with Crippen molar-refractivity contribution in [2.75, 3.05) is 5.32 Å². The van der Waals surface area contributed by atoms with Crippen LogP contribution in [0.25, 0.3) is 0 Å². The Morgan fingerprint density at radius 3 is 2.65 bits per heavy atom. The summed E-state index contributed by atoms with van der Waals surface area (Å²) in [5, 5.41) is 6.19. The second kappa shape index (κ2) is 8.58. The zero-order chi connectivity index (χ0) is 18.5. The maximum Gasteiger partial charge on any atom is 0.310 e. The van der Waals surface area contributed by atoms with Crippen molar-refractivity contribution in [1.82, 2.24) is 0 Å². The molecule has 0 aliphatic rings. The van der Waals surface area contributed by atoms with E-state index in [2.05, 4.69) is 5.32 Å². The Bertz CT molecular complexity index is 909. The lowest BCUT2D eigenvalue weighted by Crippen LogP contribution is -2.09. The molecule has 1 heterocycles. The van der Waals surface area contributed by atoms with E-state index in [1.807, 2.05) is 54.8 Å².